The first-order chi connectivity index (χ1) is 20.1. The van der Waals surface area contributed by atoms with Crippen molar-refractivity contribution in [3.63, 3.8) is 0 Å². The van der Waals surface area contributed by atoms with Crippen LogP contribution >= 0.6 is 0 Å². The van der Waals surface area contributed by atoms with Gasteiger partial charge in [0.05, 0.1) is 18.6 Å². The van der Waals surface area contributed by atoms with Crippen LogP contribution in [0.2, 0.25) is 0 Å². The fraction of sp³-hybridized carbons (Fsp3) is 0.382. The first kappa shape index (κ1) is 26.8. The van der Waals surface area contributed by atoms with Gasteiger partial charge in [0.2, 0.25) is 5.91 Å². The zero-order valence-corrected chi connectivity index (χ0v) is 24.1. The molecule has 0 spiro atoms. The number of rotatable bonds is 6. The average molecular weight is 567 g/mol. The Kier molecular flexibility index (Phi) is 6.06. The van der Waals surface area contributed by atoms with Gasteiger partial charge < -0.3 is 21.3 Å². The van der Waals surface area contributed by atoms with Crippen molar-refractivity contribution >= 4 is 28.9 Å². The van der Waals surface area contributed by atoms with E-state index in [0.29, 0.717) is 16.7 Å². The lowest BCUT2D eigenvalue weighted by Gasteiger charge is -2.25. The quantitative estimate of drug-likeness (QED) is 0.371. The van der Waals surface area contributed by atoms with Crippen molar-refractivity contribution in [1.82, 2.24) is 16.0 Å². The summed E-state index contributed by atoms with van der Waals surface area (Å²) in [7, 11) is 0. The molecule has 2 atom stereocenters. The second kappa shape index (κ2) is 9.49. The Bertz CT molecular complexity index is 1640. The van der Waals surface area contributed by atoms with Crippen LogP contribution in [0.4, 0.5) is 10.1 Å². The number of Topliss-reactive ketones (excluding diaryl/α,β-unsaturated/α-hetero) is 1. The number of halogens is 1. The van der Waals surface area contributed by atoms with Crippen molar-refractivity contribution in [1.29, 1.82) is 0 Å². The van der Waals surface area contributed by atoms with E-state index in [1.807, 2.05) is 19.1 Å². The van der Waals surface area contributed by atoms with Gasteiger partial charge >= 0.3 is 0 Å². The lowest BCUT2D eigenvalue weighted by molar-refractivity contribution is -0.122. The van der Waals surface area contributed by atoms with Crippen LogP contribution in [-0.2, 0) is 9.59 Å². The van der Waals surface area contributed by atoms with E-state index in [0.717, 1.165) is 60.3 Å². The standard InChI is InChI=1S/C34H35FN4O3/c1-18-26(34-16-33(34,17-34)19(2)30(18)39-32(42)28-5-4-12-36-28)14-25-24-13-22(8-11-27(24)37-15-29(25)40)31(41)38-20(3)21-6-9-23(35)10-7-21/h6-11,13-14,20,28,36-37H,4-5,12,15-17H2,1-3H3,(H,38,41)(H,39,42)/b25-14-/t20-,28-,33?,34?/m1/s1. The molecule has 4 N–H and O–H groups in total. The summed E-state index contributed by atoms with van der Waals surface area (Å²) in [6, 6.07) is 10.9. The minimum absolute atomic E-state index is 0.00668. The lowest BCUT2D eigenvalue weighted by atomic mass is 9.86. The van der Waals surface area contributed by atoms with Crippen molar-refractivity contribution < 1.29 is 18.8 Å². The molecular weight excluding hydrogens is 531 g/mol. The van der Waals surface area contributed by atoms with Crippen molar-refractivity contribution in [2.45, 2.75) is 58.5 Å². The number of carbonyl (C=O) groups is 3. The summed E-state index contributed by atoms with van der Waals surface area (Å²) < 4.78 is 13.4. The maximum absolute atomic E-state index is 13.4. The largest absolute Gasteiger partial charge is 0.377 e. The van der Waals surface area contributed by atoms with Gasteiger partial charge in [0.15, 0.2) is 5.78 Å². The lowest BCUT2D eigenvalue weighted by Crippen LogP contribution is -2.41. The average Bonchev–Trinajstić information content (AvgIpc) is 3.71. The van der Waals surface area contributed by atoms with E-state index in [4.69, 9.17) is 0 Å². The molecule has 3 fully saturated rings. The minimum Gasteiger partial charge on any atom is -0.377 e. The molecule has 2 aliphatic heterocycles. The van der Waals surface area contributed by atoms with Crippen LogP contribution in [0.3, 0.4) is 0 Å². The fourth-order valence-electron chi connectivity index (χ4n) is 7.43. The van der Waals surface area contributed by atoms with Crippen LogP contribution < -0.4 is 21.3 Å². The Balaban J connectivity index is 1.21. The van der Waals surface area contributed by atoms with Crippen LogP contribution in [0.25, 0.3) is 5.57 Å². The number of allylic oxidation sites excluding steroid dienone is 4. The highest BCUT2D eigenvalue weighted by atomic mass is 19.1. The van der Waals surface area contributed by atoms with Gasteiger partial charge in [-0.25, -0.2) is 4.39 Å². The van der Waals surface area contributed by atoms with Crippen LogP contribution in [0.15, 0.2) is 71.0 Å². The summed E-state index contributed by atoms with van der Waals surface area (Å²) in [4.78, 5) is 39.7. The number of hydrogen-bond acceptors (Lipinski definition) is 5. The summed E-state index contributed by atoms with van der Waals surface area (Å²) in [6.45, 7) is 7.08. The van der Waals surface area contributed by atoms with E-state index >= 15 is 0 Å². The first-order valence-corrected chi connectivity index (χ1v) is 14.8. The molecule has 5 aliphatic rings. The zero-order chi connectivity index (χ0) is 29.4. The monoisotopic (exact) mass is 566 g/mol. The summed E-state index contributed by atoms with van der Waals surface area (Å²) in [5, 5.41) is 12.7. The molecule has 8 heteroatoms. The van der Waals surface area contributed by atoms with Gasteiger partial charge in [-0.3, -0.25) is 14.4 Å². The van der Waals surface area contributed by atoms with E-state index in [-0.39, 0.29) is 52.9 Å². The topological polar surface area (TPSA) is 99.3 Å². The predicted octanol–water partition coefficient (Wildman–Crippen LogP) is 4.95. The fourth-order valence-corrected chi connectivity index (χ4v) is 7.43. The van der Waals surface area contributed by atoms with Crippen LogP contribution in [0, 0.1) is 16.6 Å². The molecule has 7 nitrogen and oxygen atoms in total. The molecule has 0 bridgehead atoms. The summed E-state index contributed by atoms with van der Waals surface area (Å²) in [5.74, 6) is -0.624. The van der Waals surface area contributed by atoms with E-state index in [9.17, 15) is 18.8 Å². The second-order valence-electron chi connectivity index (χ2n) is 12.5. The highest BCUT2D eigenvalue weighted by molar-refractivity contribution is 6.26. The third-order valence-corrected chi connectivity index (χ3v) is 10.2. The number of anilines is 1. The molecule has 42 heavy (non-hydrogen) atoms. The van der Waals surface area contributed by atoms with Crippen LogP contribution in [0.1, 0.15) is 74.0 Å². The molecule has 0 aromatic heterocycles. The minimum atomic E-state index is -0.327. The van der Waals surface area contributed by atoms with Crippen molar-refractivity contribution in [2.24, 2.45) is 10.8 Å². The summed E-state index contributed by atoms with van der Waals surface area (Å²) in [5.41, 5.74) is 7.75. The number of nitrogens with one attached hydrogen (secondary N) is 4. The van der Waals surface area contributed by atoms with Gasteiger partial charge in [-0.2, -0.15) is 0 Å². The van der Waals surface area contributed by atoms with Crippen LogP contribution in [0.5, 0.6) is 0 Å². The molecule has 216 valence electrons. The molecule has 2 aromatic carbocycles. The number of amides is 2. The number of fused-ring (bicyclic) bond motifs is 1. The Morgan fingerprint density at radius 1 is 1.10 bits per heavy atom. The molecule has 2 amide bonds. The first-order valence-electron chi connectivity index (χ1n) is 14.8. The van der Waals surface area contributed by atoms with Gasteiger partial charge in [-0.1, -0.05) is 12.1 Å². The molecule has 3 aliphatic carbocycles. The van der Waals surface area contributed by atoms with Gasteiger partial charge in [0.1, 0.15) is 5.82 Å². The third-order valence-electron chi connectivity index (χ3n) is 10.2. The van der Waals surface area contributed by atoms with Gasteiger partial charge in [-0.15, -0.1) is 0 Å². The third kappa shape index (κ3) is 4.07. The molecule has 2 heterocycles. The molecule has 7 rings (SSSR count). The summed E-state index contributed by atoms with van der Waals surface area (Å²) in [6.07, 6.45) is 5.93. The summed E-state index contributed by atoms with van der Waals surface area (Å²) >= 11 is 0. The Hall–Kier alpha value is -4.04. The molecule has 2 saturated carbocycles. The smallest absolute Gasteiger partial charge is 0.251 e. The van der Waals surface area contributed by atoms with Gasteiger partial charge in [0.25, 0.3) is 5.91 Å². The Labute approximate surface area is 244 Å². The number of benzene rings is 2. The van der Waals surface area contributed by atoms with Crippen molar-refractivity contribution in [2.75, 3.05) is 18.4 Å². The van der Waals surface area contributed by atoms with Crippen LogP contribution in [-0.4, -0.2) is 36.7 Å². The molecule has 0 radical (unpaired) electrons. The maximum Gasteiger partial charge on any atom is 0.251 e. The van der Waals surface area contributed by atoms with Gasteiger partial charge in [0, 0.05) is 38.9 Å². The Morgan fingerprint density at radius 2 is 1.86 bits per heavy atom. The Morgan fingerprint density at radius 3 is 2.57 bits per heavy atom. The molecule has 2 aromatic rings. The zero-order valence-electron chi connectivity index (χ0n) is 24.1. The number of carbonyl (C=O) groups excluding carboxylic acids is 3. The maximum atomic E-state index is 13.4. The van der Waals surface area contributed by atoms with E-state index in [1.54, 1.807) is 24.3 Å². The van der Waals surface area contributed by atoms with E-state index in [1.165, 1.54) is 17.7 Å². The highest BCUT2D eigenvalue weighted by Gasteiger charge is 2.86. The highest BCUT2D eigenvalue weighted by Crippen LogP contribution is 2.93. The van der Waals surface area contributed by atoms with Crippen molar-refractivity contribution in [3.8, 4) is 0 Å². The van der Waals surface area contributed by atoms with E-state index in [2.05, 4.69) is 35.1 Å². The van der Waals surface area contributed by atoms with Gasteiger partial charge in [-0.05, 0) is 112 Å². The molecule has 1 saturated heterocycles. The SMILES string of the molecule is CC1=C(/C=C2\C(=O)CNc3ccc(C(=O)N[C@H](C)c4ccc(F)cc4)cc32)C23CC2(C3)C(C)=C1NC(=O)[C@H]1CCCN1. The number of ketones is 1. The van der Waals surface area contributed by atoms with E-state index < -0.39 is 0 Å². The predicted molar refractivity (Wildman–Crippen MR) is 159 cm³/mol. The molecule has 0 unspecified atom stereocenters. The number of hydrogen-bond donors (Lipinski definition) is 4. The normalized spacial score (nSPS) is 28.9. The molecular formula is C34H35FN4O3. The van der Waals surface area contributed by atoms with Crippen molar-refractivity contribution in [3.05, 3.63) is 93.5 Å². The second-order valence-corrected chi connectivity index (χ2v) is 12.5.